The number of ether oxygens (including phenoxy) is 3. The summed E-state index contributed by atoms with van der Waals surface area (Å²) in [5, 5.41) is 3.41. The normalized spacial score (nSPS) is 12.8. The Bertz CT molecular complexity index is 778. The first-order valence-electron chi connectivity index (χ1n) is 8.30. The van der Waals surface area contributed by atoms with Crippen molar-refractivity contribution in [2.75, 3.05) is 14.2 Å². The Morgan fingerprint density at radius 1 is 1.04 bits per heavy atom. The minimum atomic E-state index is -0.694. The van der Waals surface area contributed by atoms with E-state index >= 15 is 0 Å². The molecular weight excluding hydrogens is 354 g/mol. The van der Waals surface area contributed by atoms with Gasteiger partial charge < -0.3 is 19.5 Å². The Kier molecular flexibility index (Phi) is 6.75. The van der Waals surface area contributed by atoms with Crippen molar-refractivity contribution >= 4 is 17.5 Å². The molecule has 0 aliphatic carbocycles. The summed E-state index contributed by atoms with van der Waals surface area (Å²) < 4.78 is 16.3. The third-order valence-corrected chi connectivity index (χ3v) is 4.34. The second kappa shape index (κ2) is 8.81. The van der Waals surface area contributed by atoms with E-state index in [-0.39, 0.29) is 11.9 Å². The number of aryl methyl sites for hydroxylation is 1. The molecule has 2 unspecified atom stereocenters. The quantitative estimate of drug-likeness (QED) is 0.781. The van der Waals surface area contributed by atoms with Crippen molar-refractivity contribution in [2.24, 2.45) is 0 Å². The summed E-state index contributed by atoms with van der Waals surface area (Å²) in [4.78, 5) is 12.5. The van der Waals surface area contributed by atoms with Crippen molar-refractivity contribution in [1.29, 1.82) is 0 Å². The van der Waals surface area contributed by atoms with Crippen LogP contribution in [-0.2, 0) is 4.79 Å². The van der Waals surface area contributed by atoms with Crippen molar-refractivity contribution < 1.29 is 19.0 Å². The van der Waals surface area contributed by atoms with E-state index in [1.54, 1.807) is 33.3 Å². The van der Waals surface area contributed by atoms with Crippen LogP contribution in [0, 0.1) is 6.92 Å². The minimum absolute atomic E-state index is 0.243. The zero-order chi connectivity index (χ0) is 19.3. The molecular formula is C20H24ClNO4. The maximum Gasteiger partial charge on any atom is 0.261 e. The fourth-order valence-electron chi connectivity index (χ4n) is 2.53. The maximum absolute atomic E-state index is 12.5. The van der Waals surface area contributed by atoms with Crippen LogP contribution in [0.3, 0.4) is 0 Å². The lowest BCUT2D eigenvalue weighted by Gasteiger charge is -2.21. The summed E-state index contributed by atoms with van der Waals surface area (Å²) in [6.45, 7) is 5.51. The molecule has 5 nitrogen and oxygen atoms in total. The number of halogens is 1. The number of nitrogens with one attached hydrogen (secondary N) is 1. The van der Waals surface area contributed by atoms with E-state index in [1.165, 1.54) is 0 Å². The SMILES string of the molecule is COc1ccc(C(C)NC(=O)C(C)Oc2cc(C)ccc2Cl)c(OC)c1. The van der Waals surface area contributed by atoms with Gasteiger partial charge in [0.25, 0.3) is 5.91 Å². The van der Waals surface area contributed by atoms with E-state index in [9.17, 15) is 4.79 Å². The second-order valence-corrected chi connectivity index (χ2v) is 6.44. The van der Waals surface area contributed by atoms with Crippen LogP contribution in [0.5, 0.6) is 17.2 Å². The summed E-state index contributed by atoms with van der Waals surface area (Å²) in [5.41, 5.74) is 1.86. The monoisotopic (exact) mass is 377 g/mol. The highest BCUT2D eigenvalue weighted by Gasteiger charge is 2.21. The van der Waals surface area contributed by atoms with Crippen LogP contribution in [0.15, 0.2) is 36.4 Å². The largest absolute Gasteiger partial charge is 0.497 e. The van der Waals surface area contributed by atoms with Gasteiger partial charge in [0, 0.05) is 11.6 Å². The van der Waals surface area contributed by atoms with Crippen LogP contribution >= 0.6 is 11.6 Å². The lowest BCUT2D eigenvalue weighted by Crippen LogP contribution is -2.37. The highest BCUT2D eigenvalue weighted by molar-refractivity contribution is 6.32. The molecule has 0 bridgehead atoms. The fraction of sp³-hybridized carbons (Fsp3) is 0.350. The predicted octanol–water partition coefficient (Wildman–Crippen LogP) is 4.31. The Hall–Kier alpha value is -2.40. The van der Waals surface area contributed by atoms with Gasteiger partial charge in [0.1, 0.15) is 17.2 Å². The van der Waals surface area contributed by atoms with Crippen LogP contribution in [0.1, 0.15) is 31.0 Å². The average molecular weight is 378 g/mol. The first kappa shape index (κ1) is 19.9. The first-order valence-corrected chi connectivity index (χ1v) is 8.68. The molecule has 0 saturated heterocycles. The molecule has 0 spiro atoms. The van der Waals surface area contributed by atoms with E-state index < -0.39 is 6.10 Å². The molecule has 1 N–H and O–H groups in total. The van der Waals surface area contributed by atoms with Gasteiger partial charge in [-0.15, -0.1) is 0 Å². The van der Waals surface area contributed by atoms with Gasteiger partial charge in [-0.3, -0.25) is 4.79 Å². The average Bonchev–Trinajstić information content (AvgIpc) is 2.63. The van der Waals surface area contributed by atoms with Crippen molar-refractivity contribution in [1.82, 2.24) is 5.32 Å². The smallest absolute Gasteiger partial charge is 0.261 e. The van der Waals surface area contributed by atoms with Crippen LogP contribution in [-0.4, -0.2) is 26.2 Å². The highest BCUT2D eigenvalue weighted by Crippen LogP contribution is 2.30. The topological polar surface area (TPSA) is 56.8 Å². The molecule has 2 aromatic carbocycles. The lowest BCUT2D eigenvalue weighted by molar-refractivity contribution is -0.127. The Morgan fingerprint density at radius 2 is 1.77 bits per heavy atom. The zero-order valence-electron chi connectivity index (χ0n) is 15.6. The minimum Gasteiger partial charge on any atom is -0.497 e. The lowest BCUT2D eigenvalue weighted by atomic mass is 10.1. The van der Waals surface area contributed by atoms with Crippen LogP contribution in [0.25, 0.3) is 0 Å². The molecule has 0 saturated carbocycles. The number of hydrogen-bond donors (Lipinski definition) is 1. The zero-order valence-corrected chi connectivity index (χ0v) is 16.4. The highest BCUT2D eigenvalue weighted by atomic mass is 35.5. The van der Waals surface area contributed by atoms with Crippen LogP contribution < -0.4 is 19.5 Å². The summed E-state index contributed by atoms with van der Waals surface area (Å²) in [6, 6.07) is 10.7. The van der Waals surface area contributed by atoms with Crippen molar-refractivity contribution in [3.63, 3.8) is 0 Å². The molecule has 0 radical (unpaired) electrons. The van der Waals surface area contributed by atoms with Crippen molar-refractivity contribution in [3.05, 3.63) is 52.5 Å². The Labute approximate surface area is 159 Å². The van der Waals surface area contributed by atoms with Gasteiger partial charge in [-0.1, -0.05) is 17.7 Å². The van der Waals surface area contributed by atoms with Crippen molar-refractivity contribution in [3.8, 4) is 17.2 Å². The summed E-state index contributed by atoms with van der Waals surface area (Å²) in [5.74, 6) is 1.58. The van der Waals surface area contributed by atoms with E-state index in [2.05, 4.69) is 5.32 Å². The second-order valence-electron chi connectivity index (χ2n) is 6.03. The van der Waals surface area contributed by atoms with Gasteiger partial charge in [0.05, 0.1) is 25.3 Å². The number of methoxy groups -OCH3 is 2. The molecule has 0 fully saturated rings. The number of carbonyl (C=O) groups excluding carboxylic acids is 1. The van der Waals surface area contributed by atoms with E-state index in [1.807, 2.05) is 38.1 Å². The van der Waals surface area contributed by atoms with E-state index in [0.29, 0.717) is 22.3 Å². The standard InChI is InChI=1S/C20H24ClNO4/c1-12-6-9-17(21)19(10-12)26-14(3)20(23)22-13(2)16-8-7-15(24-4)11-18(16)25-5/h6-11,13-14H,1-5H3,(H,22,23). The molecule has 2 aromatic rings. The summed E-state index contributed by atoms with van der Waals surface area (Å²) in [7, 11) is 3.17. The molecule has 0 aromatic heterocycles. The third-order valence-electron chi connectivity index (χ3n) is 4.03. The van der Waals surface area contributed by atoms with Gasteiger partial charge in [-0.05, 0) is 50.6 Å². The number of rotatable bonds is 7. The maximum atomic E-state index is 12.5. The number of carbonyl (C=O) groups is 1. The molecule has 1 amide bonds. The summed E-state index contributed by atoms with van der Waals surface area (Å²) >= 11 is 6.13. The van der Waals surface area contributed by atoms with Crippen LogP contribution in [0.2, 0.25) is 5.02 Å². The third kappa shape index (κ3) is 4.82. The predicted molar refractivity (Wildman–Crippen MR) is 102 cm³/mol. The molecule has 140 valence electrons. The van der Waals surface area contributed by atoms with Gasteiger partial charge >= 0.3 is 0 Å². The van der Waals surface area contributed by atoms with Gasteiger partial charge in [0.2, 0.25) is 0 Å². The van der Waals surface area contributed by atoms with Crippen molar-refractivity contribution in [2.45, 2.75) is 32.9 Å². The Morgan fingerprint density at radius 3 is 2.42 bits per heavy atom. The molecule has 0 aliphatic rings. The van der Waals surface area contributed by atoms with E-state index in [4.69, 9.17) is 25.8 Å². The van der Waals surface area contributed by atoms with E-state index in [0.717, 1.165) is 11.1 Å². The number of benzene rings is 2. The molecule has 0 heterocycles. The molecule has 2 rings (SSSR count). The molecule has 6 heteroatoms. The number of hydrogen-bond acceptors (Lipinski definition) is 4. The number of amides is 1. The van der Waals surface area contributed by atoms with Gasteiger partial charge in [0.15, 0.2) is 6.10 Å². The van der Waals surface area contributed by atoms with Crippen LogP contribution in [0.4, 0.5) is 0 Å². The molecule has 26 heavy (non-hydrogen) atoms. The summed E-state index contributed by atoms with van der Waals surface area (Å²) in [6.07, 6.45) is -0.694. The fourth-order valence-corrected chi connectivity index (χ4v) is 2.69. The molecule has 2 atom stereocenters. The molecule has 0 aliphatic heterocycles. The van der Waals surface area contributed by atoms with Gasteiger partial charge in [-0.25, -0.2) is 0 Å². The van der Waals surface area contributed by atoms with Gasteiger partial charge in [-0.2, -0.15) is 0 Å². The Balaban J connectivity index is 2.07. The first-order chi connectivity index (χ1) is 12.3.